The number of Topliss-reactive ketones (excluding diaryl/α,β-unsaturated/α-hetero) is 2. The molecule has 240 valence electrons. The molecule has 3 heterocycles. The SMILES string of the molecule is COc1cc(C2C3=C(C[C@@H](C)[C@]4(Oc5c(Cl)c(OC)cc(OC)c5C4=O)C3=O)Nc3c2c(=O)[nH]c(=O)n3C)ccc1OCC(N)=O. The highest BCUT2D eigenvalue weighted by atomic mass is 35.5. The number of benzene rings is 2. The smallest absolute Gasteiger partial charge is 0.329 e. The molecule has 15 heteroatoms. The summed E-state index contributed by atoms with van der Waals surface area (Å²) in [6, 6.07) is 6.08. The maximum absolute atomic E-state index is 14.9. The molecule has 2 aromatic carbocycles. The molecule has 14 nitrogen and oxygen atoms in total. The largest absolute Gasteiger partial charge is 0.496 e. The fraction of sp³-hybridized carbons (Fsp3) is 0.323. The van der Waals surface area contributed by atoms with Crippen LogP contribution in [0.1, 0.15) is 40.7 Å². The molecule has 1 spiro atoms. The monoisotopic (exact) mass is 652 g/mol. The number of hydrogen-bond acceptors (Lipinski definition) is 11. The van der Waals surface area contributed by atoms with E-state index in [4.69, 9.17) is 41.0 Å². The summed E-state index contributed by atoms with van der Waals surface area (Å²) in [5.74, 6) is -3.12. The van der Waals surface area contributed by atoms with Crippen LogP contribution in [0.2, 0.25) is 5.02 Å². The zero-order valence-electron chi connectivity index (χ0n) is 25.4. The minimum absolute atomic E-state index is 0.00358. The number of halogens is 1. The molecule has 1 amide bonds. The fourth-order valence-electron chi connectivity index (χ4n) is 6.43. The lowest BCUT2D eigenvalue weighted by molar-refractivity contribution is -0.130. The molecule has 0 saturated carbocycles. The van der Waals surface area contributed by atoms with Gasteiger partial charge in [-0.3, -0.25) is 28.7 Å². The van der Waals surface area contributed by atoms with Crippen LogP contribution in [0, 0.1) is 5.92 Å². The van der Waals surface area contributed by atoms with Gasteiger partial charge in [0, 0.05) is 36.2 Å². The van der Waals surface area contributed by atoms with Crippen LogP contribution in [0.4, 0.5) is 5.82 Å². The van der Waals surface area contributed by atoms with Gasteiger partial charge in [-0.1, -0.05) is 24.6 Å². The van der Waals surface area contributed by atoms with E-state index in [9.17, 15) is 24.0 Å². The van der Waals surface area contributed by atoms with E-state index in [-0.39, 0.29) is 62.7 Å². The van der Waals surface area contributed by atoms with Crippen molar-refractivity contribution in [3.8, 4) is 28.7 Å². The molecule has 3 aromatic rings. The summed E-state index contributed by atoms with van der Waals surface area (Å²) in [6.07, 6.45) is 0.117. The third-order valence-electron chi connectivity index (χ3n) is 8.63. The first-order valence-corrected chi connectivity index (χ1v) is 14.4. The molecule has 1 unspecified atom stereocenters. The quantitative estimate of drug-likeness (QED) is 0.317. The van der Waals surface area contributed by atoms with Gasteiger partial charge in [0.1, 0.15) is 27.9 Å². The highest BCUT2D eigenvalue weighted by Gasteiger charge is 2.63. The van der Waals surface area contributed by atoms with Gasteiger partial charge in [-0.05, 0) is 24.1 Å². The Morgan fingerprint density at radius 3 is 2.39 bits per heavy atom. The number of methoxy groups -OCH3 is 3. The van der Waals surface area contributed by atoms with E-state index in [0.29, 0.717) is 11.3 Å². The van der Waals surface area contributed by atoms with Gasteiger partial charge >= 0.3 is 5.69 Å². The number of carbonyl (C=O) groups is 3. The number of amides is 1. The maximum atomic E-state index is 14.9. The average molecular weight is 653 g/mol. The Bertz CT molecular complexity index is 2020. The number of H-pyrrole nitrogens is 1. The van der Waals surface area contributed by atoms with Crippen LogP contribution in [-0.2, 0) is 16.6 Å². The summed E-state index contributed by atoms with van der Waals surface area (Å²) < 4.78 is 29.4. The number of primary amides is 1. The van der Waals surface area contributed by atoms with Crippen molar-refractivity contribution in [2.45, 2.75) is 24.9 Å². The first-order chi connectivity index (χ1) is 21.9. The minimum atomic E-state index is -2.07. The maximum Gasteiger partial charge on any atom is 0.329 e. The Balaban J connectivity index is 1.57. The van der Waals surface area contributed by atoms with Crippen LogP contribution in [0.25, 0.3) is 0 Å². The van der Waals surface area contributed by atoms with Gasteiger partial charge in [0.05, 0.1) is 26.9 Å². The van der Waals surface area contributed by atoms with E-state index in [2.05, 4.69) is 10.3 Å². The lowest BCUT2D eigenvalue weighted by Gasteiger charge is -2.42. The Morgan fingerprint density at radius 2 is 1.74 bits per heavy atom. The molecule has 1 aromatic heterocycles. The highest BCUT2D eigenvalue weighted by Crippen LogP contribution is 2.56. The molecule has 6 rings (SSSR count). The molecular weight excluding hydrogens is 624 g/mol. The number of hydrogen-bond donors (Lipinski definition) is 3. The molecule has 3 aliphatic rings. The van der Waals surface area contributed by atoms with Gasteiger partial charge in [0.15, 0.2) is 23.9 Å². The van der Waals surface area contributed by atoms with Gasteiger partial charge in [0.25, 0.3) is 11.5 Å². The Morgan fingerprint density at radius 1 is 1.04 bits per heavy atom. The van der Waals surface area contributed by atoms with E-state index in [1.54, 1.807) is 19.1 Å². The number of nitrogens with zero attached hydrogens (tertiary/aromatic N) is 1. The average Bonchev–Trinajstić information content (AvgIpc) is 3.35. The van der Waals surface area contributed by atoms with Gasteiger partial charge in [0.2, 0.25) is 17.2 Å². The number of carbonyl (C=O) groups excluding carboxylic acids is 3. The Labute approximate surface area is 266 Å². The van der Waals surface area contributed by atoms with E-state index in [0.717, 1.165) is 0 Å². The van der Waals surface area contributed by atoms with Crippen LogP contribution >= 0.6 is 11.6 Å². The second kappa shape index (κ2) is 11.0. The fourth-order valence-corrected chi connectivity index (χ4v) is 6.69. The second-order valence-corrected chi connectivity index (χ2v) is 11.5. The van der Waals surface area contributed by atoms with Crippen molar-refractivity contribution >= 4 is 34.9 Å². The van der Waals surface area contributed by atoms with Crippen LogP contribution in [-0.4, -0.2) is 60.6 Å². The summed E-state index contributed by atoms with van der Waals surface area (Å²) >= 11 is 6.60. The number of nitrogens with two attached hydrogens (primary N) is 1. The van der Waals surface area contributed by atoms with Crippen molar-refractivity contribution in [3.05, 3.63) is 78.1 Å². The van der Waals surface area contributed by atoms with E-state index in [1.807, 2.05) is 0 Å². The molecule has 0 bridgehead atoms. The predicted octanol–water partition coefficient (Wildman–Crippen LogP) is 2.05. The van der Waals surface area contributed by atoms with Crippen LogP contribution in [0.5, 0.6) is 28.7 Å². The van der Waals surface area contributed by atoms with Crippen molar-refractivity contribution < 1.29 is 38.1 Å². The number of aromatic amines is 1. The van der Waals surface area contributed by atoms with Crippen molar-refractivity contribution in [3.63, 3.8) is 0 Å². The second-order valence-electron chi connectivity index (χ2n) is 11.1. The normalized spacial score (nSPS) is 21.2. The van der Waals surface area contributed by atoms with Crippen LogP contribution in [0.15, 0.2) is 45.1 Å². The van der Waals surface area contributed by atoms with E-state index in [1.165, 1.54) is 45.1 Å². The van der Waals surface area contributed by atoms with E-state index >= 15 is 0 Å². The zero-order valence-corrected chi connectivity index (χ0v) is 26.1. The number of fused-ring (bicyclic) bond motifs is 2. The van der Waals surface area contributed by atoms with E-state index < -0.39 is 52.8 Å². The minimum Gasteiger partial charge on any atom is -0.496 e. The third-order valence-corrected chi connectivity index (χ3v) is 8.99. The number of nitrogens with one attached hydrogen (secondary N) is 2. The summed E-state index contributed by atoms with van der Waals surface area (Å²) in [7, 11) is 5.62. The first kappa shape index (κ1) is 30.8. The number of ether oxygens (including phenoxy) is 5. The number of allylic oxidation sites excluding steroid dienone is 1. The molecule has 1 aliphatic carbocycles. The van der Waals surface area contributed by atoms with Crippen LogP contribution < -0.4 is 46.0 Å². The third kappa shape index (κ3) is 4.27. The zero-order chi connectivity index (χ0) is 33.2. The van der Waals surface area contributed by atoms with Crippen LogP contribution in [0.3, 0.4) is 0 Å². The van der Waals surface area contributed by atoms with Crippen molar-refractivity contribution in [2.75, 3.05) is 33.3 Å². The molecular formula is C31H29ClN4O10. The summed E-state index contributed by atoms with van der Waals surface area (Å²) in [5, 5.41) is 3.13. The molecule has 0 fully saturated rings. The summed E-state index contributed by atoms with van der Waals surface area (Å²) in [5.41, 5.74) is 2.67. The number of rotatable bonds is 7. The van der Waals surface area contributed by atoms with Crippen molar-refractivity contribution in [1.82, 2.24) is 9.55 Å². The lowest BCUT2D eigenvalue weighted by Crippen LogP contribution is -2.58. The summed E-state index contributed by atoms with van der Waals surface area (Å²) in [6.45, 7) is 1.28. The molecule has 0 radical (unpaired) electrons. The number of anilines is 1. The summed E-state index contributed by atoms with van der Waals surface area (Å²) in [4.78, 5) is 69.1. The van der Waals surface area contributed by atoms with Crippen molar-refractivity contribution in [1.29, 1.82) is 0 Å². The first-order valence-electron chi connectivity index (χ1n) is 14.0. The standard InChI is InChI=1S/C31H29ClN4O10/c1-12-8-14-21(26(38)31(12)27(39)22-17(43-4)10-18(44-5)24(32)25(22)46-31)20(23-28(34-14)36(2)30(41)35-29(23)40)13-6-7-15(16(9-13)42-3)45-11-19(33)37/h6-7,9-10,12,20,34H,8,11H2,1-5H3,(H2,33,37)(H,35,40,41)/t12-,20?,31+/m1/s1. The van der Waals surface area contributed by atoms with Gasteiger partial charge < -0.3 is 34.7 Å². The number of ketones is 2. The molecule has 46 heavy (non-hydrogen) atoms. The van der Waals surface area contributed by atoms with Crippen molar-refractivity contribution in [2.24, 2.45) is 18.7 Å². The Kier molecular flexibility index (Phi) is 7.34. The predicted molar refractivity (Wildman–Crippen MR) is 164 cm³/mol. The molecule has 4 N–H and O–H groups in total. The number of aromatic nitrogens is 2. The molecule has 3 atom stereocenters. The molecule has 2 aliphatic heterocycles. The lowest BCUT2D eigenvalue weighted by atomic mass is 9.66. The molecule has 0 saturated heterocycles. The van der Waals surface area contributed by atoms with Gasteiger partial charge in [-0.25, -0.2) is 4.79 Å². The van der Waals surface area contributed by atoms with Gasteiger partial charge in [-0.15, -0.1) is 0 Å². The Hall–Kier alpha value is -5.24. The van der Waals surface area contributed by atoms with Gasteiger partial charge in [-0.2, -0.15) is 0 Å². The highest BCUT2D eigenvalue weighted by molar-refractivity contribution is 6.36. The topological polar surface area (TPSA) is 190 Å².